The van der Waals surface area contributed by atoms with Crippen LogP contribution in [0.2, 0.25) is 0 Å². The van der Waals surface area contributed by atoms with Crippen molar-refractivity contribution < 1.29 is 9.18 Å². The fourth-order valence-electron chi connectivity index (χ4n) is 4.19. The molecule has 0 aliphatic carbocycles. The van der Waals surface area contributed by atoms with Gasteiger partial charge >= 0.3 is 0 Å². The molecule has 2 aromatic rings. The molecule has 134 valence electrons. The van der Waals surface area contributed by atoms with Gasteiger partial charge in [-0.05, 0) is 62.3 Å². The van der Waals surface area contributed by atoms with E-state index in [0.717, 1.165) is 30.8 Å². The fourth-order valence-corrected chi connectivity index (χ4v) is 4.19. The summed E-state index contributed by atoms with van der Waals surface area (Å²) in [6.07, 6.45) is 4.35. The zero-order chi connectivity index (χ0) is 18.3. The molecule has 0 saturated carbocycles. The molecule has 2 heterocycles. The first-order valence-corrected chi connectivity index (χ1v) is 9.09. The monoisotopic (exact) mass is 350 g/mol. The second-order valence-electron chi connectivity index (χ2n) is 7.38. The van der Waals surface area contributed by atoms with Crippen molar-refractivity contribution in [2.45, 2.75) is 25.3 Å². The van der Waals surface area contributed by atoms with Crippen LogP contribution in [0.15, 0.2) is 48.5 Å². The Bertz CT molecular complexity index is 859. The minimum absolute atomic E-state index is 0.00326. The third-order valence-electron chi connectivity index (χ3n) is 5.48. The molecule has 4 rings (SSSR count). The number of likely N-dealkylation sites (tertiary alicyclic amines) is 1. The van der Waals surface area contributed by atoms with Crippen LogP contribution >= 0.6 is 0 Å². The summed E-state index contributed by atoms with van der Waals surface area (Å²) in [5, 5.41) is 0. The Labute approximate surface area is 153 Å². The minimum atomic E-state index is -0.272. The molecule has 0 aromatic heterocycles. The molecule has 26 heavy (non-hydrogen) atoms. The first-order valence-electron chi connectivity index (χ1n) is 9.09. The maximum atomic E-state index is 13.0. The van der Waals surface area contributed by atoms with Crippen molar-refractivity contribution >= 4 is 17.7 Å². The predicted octanol–water partition coefficient (Wildman–Crippen LogP) is 3.98. The number of nitrogens with zero attached hydrogens (tertiary/aromatic N) is 2. The number of hydrogen-bond donors (Lipinski definition) is 0. The van der Waals surface area contributed by atoms with Gasteiger partial charge in [-0.3, -0.25) is 4.79 Å². The van der Waals surface area contributed by atoms with Crippen LogP contribution in [-0.2, 0) is 4.79 Å². The Hall–Kier alpha value is -2.46. The van der Waals surface area contributed by atoms with Crippen LogP contribution in [0.25, 0.3) is 6.08 Å². The summed E-state index contributed by atoms with van der Waals surface area (Å²) in [5.74, 6) is 0.0924. The van der Waals surface area contributed by atoms with E-state index >= 15 is 0 Å². The Morgan fingerprint density at radius 1 is 1.19 bits per heavy atom. The van der Waals surface area contributed by atoms with Crippen molar-refractivity contribution in [1.82, 2.24) is 4.90 Å². The van der Waals surface area contributed by atoms with Gasteiger partial charge in [-0.2, -0.15) is 0 Å². The third kappa shape index (κ3) is 3.06. The molecule has 2 aliphatic rings. The highest BCUT2D eigenvalue weighted by Gasteiger charge is 2.43. The lowest BCUT2D eigenvalue weighted by Crippen LogP contribution is -2.46. The molecular formula is C22H23FN2O. The Morgan fingerprint density at radius 2 is 1.96 bits per heavy atom. The van der Waals surface area contributed by atoms with Crippen LogP contribution in [-0.4, -0.2) is 37.0 Å². The average Bonchev–Trinajstić information content (AvgIpc) is 2.94. The van der Waals surface area contributed by atoms with Gasteiger partial charge in [0.05, 0.1) is 0 Å². The van der Waals surface area contributed by atoms with Crippen LogP contribution in [0.1, 0.15) is 29.0 Å². The molecule has 1 amide bonds. The molecule has 0 N–H and O–H groups in total. The van der Waals surface area contributed by atoms with Crippen LogP contribution in [0.5, 0.6) is 0 Å². The minimum Gasteiger partial charge on any atom is -0.306 e. The van der Waals surface area contributed by atoms with Crippen LogP contribution in [0, 0.1) is 12.7 Å². The van der Waals surface area contributed by atoms with Gasteiger partial charge in [0.2, 0.25) is 0 Å². The lowest BCUT2D eigenvalue weighted by atomic mass is 9.89. The summed E-state index contributed by atoms with van der Waals surface area (Å²) in [4.78, 5) is 17.3. The number of fused-ring (bicyclic) bond motifs is 3. The van der Waals surface area contributed by atoms with Gasteiger partial charge in [0.15, 0.2) is 0 Å². The number of aryl methyl sites for hydroxylation is 1. The lowest BCUT2D eigenvalue weighted by Gasteiger charge is -2.36. The molecule has 0 bridgehead atoms. The largest absolute Gasteiger partial charge is 0.306 e. The first kappa shape index (κ1) is 17.0. The van der Waals surface area contributed by atoms with E-state index in [-0.39, 0.29) is 17.8 Å². The molecule has 0 spiro atoms. The summed E-state index contributed by atoms with van der Waals surface area (Å²) in [7, 11) is 2.14. The highest BCUT2D eigenvalue weighted by atomic mass is 19.1. The second kappa shape index (κ2) is 6.69. The number of hydrogen-bond acceptors (Lipinski definition) is 2. The summed E-state index contributed by atoms with van der Waals surface area (Å²) < 4.78 is 13.0. The highest BCUT2D eigenvalue weighted by molar-refractivity contribution is 6.06. The van der Waals surface area contributed by atoms with Crippen molar-refractivity contribution in [2.75, 3.05) is 25.0 Å². The number of benzene rings is 2. The quantitative estimate of drug-likeness (QED) is 0.765. The number of carbonyl (C=O) groups is 1. The number of anilines is 1. The SMILES string of the molecule is Cc1ccc2c(c1)C1CN(C)CCC1N2C(=O)/C=C/c1ccc(F)cc1. The van der Waals surface area contributed by atoms with Gasteiger partial charge in [0, 0.05) is 30.3 Å². The lowest BCUT2D eigenvalue weighted by molar-refractivity contribution is -0.114. The standard InChI is InChI=1S/C22H23FN2O/c1-15-3-9-20-18(13-15)19-14-24(2)12-11-21(19)25(20)22(26)10-6-16-4-7-17(23)8-5-16/h3-10,13,19,21H,11-12,14H2,1-2H3/b10-6+. The van der Waals surface area contributed by atoms with Crippen molar-refractivity contribution in [1.29, 1.82) is 0 Å². The van der Waals surface area contributed by atoms with E-state index in [1.807, 2.05) is 4.90 Å². The molecule has 2 atom stereocenters. The molecule has 2 aromatic carbocycles. The second-order valence-corrected chi connectivity index (χ2v) is 7.38. The maximum absolute atomic E-state index is 13.0. The Morgan fingerprint density at radius 3 is 2.73 bits per heavy atom. The number of carbonyl (C=O) groups excluding carboxylic acids is 1. The van der Waals surface area contributed by atoms with E-state index < -0.39 is 0 Å². The molecular weight excluding hydrogens is 327 g/mol. The Kier molecular flexibility index (Phi) is 4.37. The normalized spacial score (nSPS) is 22.5. The maximum Gasteiger partial charge on any atom is 0.251 e. The third-order valence-corrected chi connectivity index (χ3v) is 5.48. The molecule has 2 aliphatic heterocycles. The Balaban J connectivity index is 1.64. The van der Waals surface area contributed by atoms with Gasteiger partial charge < -0.3 is 9.80 Å². The fraction of sp³-hybridized carbons (Fsp3) is 0.318. The van der Waals surface area contributed by atoms with E-state index in [2.05, 4.69) is 37.1 Å². The molecule has 1 saturated heterocycles. The van der Waals surface area contributed by atoms with Crippen LogP contribution in [0.4, 0.5) is 10.1 Å². The van der Waals surface area contributed by atoms with Gasteiger partial charge in [0.25, 0.3) is 5.91 Å². The van der Waals surface area contributed by atoms with Crippen LogP contribution < -0.4 is 4.90 Å². The van der Waals surface area contributed by atoms with Crippen LogP contribution in [0.3, 0.4) is 0 Å². The van der Waals surface area contributed by atoms with E-state index in [1.165, 1.54) is 23.3 Å². The van der Waals surface area contributed by atoms with Gasteiger partial charge in [-0.1, -0.05) is 29.8 Å². The summed E-state index contributed by atoms with van der Waals surface area (Å²) in [6, 6.07) is 12.8. The molecule has 2 unspecified atom stereocenters. The first-order chi connectivity index (χ1) is 12.5. The molecule has 4 heteroatoms. The number of amides is 1. The molecule has 3 nitrogen and oxygen atoms in total. The smallest absolute Gasteiger partial charge is 0.251 e. The predicted molar refractivity (Wildman–Crippen MR) is 103 cm³/mol. The average molecular weight is 350 g/mol. The van der Waals surface area contributed by atoms with E-state index in [4.69, 9.17) is 0 Å². The topological polar surface area (TPSA) is 23.6 Å². The van der Waals surface area contributed by atoms with Crippen molar-refractivity contribution in [2.24, 2.45) is 0 Å². The zero-order valence-electron chi connectivity index (χ0n) is 15.2. The van der Waals surface area contributed by atoms with E-state index in [9.17, 15) is 9.18 Å². The number of likely N-dealkylation sites (N-methyl/N-ethyl adjacent to an activating group) is 1. The molecule has 0 radical (unpaired) electrons. The summed E-state index contributed by atoms with van der Waals surface area (Å²) >= 11 is 0. The zero-order valence-corrected chi connectivity index (χ0v) is 15.2. The highest BCUT2D eigenvalue weighted by Crippen LogP contribution is 2.45. The number of rotatable bonds is 2. The van der Waals surface area contributed by atoms with Gasteiger partial charge in [0.1, 0.15) is 5.82 Å². The number of halogens is 1. The van der Waals surface area contributed by atoms with E-state index in [1.54, 1.807) is 24.3 Å². The van der Waals surface area contributed by atoms with E-state index in [0.29, 0.717) is 5.92 Å². The summed E-state index contributed by atoms with van der Waals surface area (Å²) in [6.45, 7) is 4.08. The number of piperidine rings is 1. The molecule has 1 fully saturated rings. The van der Waals surface area contributed by atoms with Gasteiger partial charge in [-0.15, -0.1) is 0 Å². The van der Waals surface area contributed by atoms with Crippen molar-refractivity contribution in [3.63, 3.8) is 0 Å². The van der Waals surface area contributed by atoms with Crippen molar-refractivity contribution in [3.05, 3.63) is 71.0 Å². The van der Waals surface area contributed by atoms with Crippen molar-refractivity contribution in [3.8, 4) is 0 Å². The van der Waals surface area contributed by atoms with Gasteiger partial charge in [-0.25, -0.2) is 4.39 Å². The summed E-state index contributed by atoms with van der Waals surface area (Å²) in [5.41, 5.74) is 4.37.